The van der Waals surface area contributed by atoms with Gasteiger partial charge in [-0.3, -0.25) is 9.69 Å². The molecule has 1 N–H and O–H groups in total. The number of amides is 1. The van der Waals surface area contributed by atoms with Gasteiger partial charge < -0.3 is 14.7 Å². The third-order valence-electron chi connectivity index (χ3n) is 6.97. The van der Waals surface area contributed by atoms with Crippen LogP contribution in [0.2, 0.25) is 0 Å². The number of benzene rings is 2. The van der Waals surface area contributed by atoms with Gasteiger partial charge in [-0.05, 0) is 72.9 Å². The number of aliphatic hydroxyl groups excluding tert-OH is 1. The summed E-state index contributed by atoms with van der Waals surface area (Å²) >= 11 is 1.77. The number of nitrogens with zero attached hydrogens (tertiary/aromatic N) is 2. The van der Waals surface area contributed by atoms with E-state index in [1.165, 1.54) is 10.4 Å². The first-order valence-corrected chi connectivity index (χ1v) is 13.5. The van der Waals surface area contributed by atoms with Crippen LogP contribution < -0.4 is 4.74 Å². The summed E-state index contributed by atoms with van der Waals surface area (Å²) in [6.07, 6.45) is 3.20. The van der Waals surface area contributed by atoms with Gasteiger partial charge in [0.2, 0.25) is 5.91 Å². The fourth-order valence-electron chi connectivity index (χ4n) is 5.02. The van der Waals surface area contributed by atoms with Gasteiger partial charge in [0.05, 0.1) is 18.7 Å². The molecule has 1 fully saturated rings. The van der Waals surface area contributed by atoms with E-state index in [2.05, 4.69) is 29.3 Å². The minimum Gasteiger partial charge on any atom is -0.491 e. The van der Waals surface area contributed by atoms with E-state index in [1.54, 1.807) is 11.3 Å². The lowest BCUT2D eigenvalue weighted by Crippen LogP contribution is -2.48. The number of hydrogen-bond donors (Lipinski definition) is 1. The monoisotopic (exact) mass is 490 g/mol. The first-order chi connectivity index (χ1) is 17.1. The number of aryl methyl sites for hydroxylation is 1. The molecule has 1 aliphatic heterocycles. The molecule has 2 unspecified atom stereocenters. The molecule has 2 aromatic carbocycles. The molecule has 184 valence electrons. The second kappa shape index (κ2) is 10.9. The number of thiophene rings is 1. The molecule has 1 aromatic heterocycles. The van der Waals surface area contributed by atoms with Gasteiger partial charge in [0, 0.05) is 24.0 Å². The van der Waals surface area contributed by atoms with E-state index in [0.29, 0.717) is 38.7 Å². The molecule has 2 heterocycles. The molecule has 0 spiro atoms. The first-order valence-electron chi connectivity index (χ1n) is 12.6. The largest absolute Gasteiger partial charge is 0.491 e. The van der Waals surface area contributed by atoms with Gasteiger partial charge in [0.25, 0.3) is 0 Å². The summed E-state index contributed by atoms with van der Waals surface area (Å²) in [5.74, 6) is 0.960. The zero-order valence-corrected chi connectivity index (χ0v) is 21.1. The normalized spacial score (nSPS) is 18.4. The lowest BCUT2D eigenvalue weighted by Gasteiger charge is -2.37. The molecular weight excluding hydrogens is 456 g/mol. The maximum absolute atomic E-state index is 13.6. The number of fused-ring (bicyclic) bond motifs is 1. The molecule has 0 saturated heterocycles. The highest BCUT2D eigenvalue weighted by atomic mass is 32.1. The Bertz CT molecular complexity index is 1130. The van der Waals surface area contributed by atoms with Gasteiger partial charge in [0.15, 0.2) is 0 Å². The third kappa shape index (κ3) is 6.13. The summed E-state index contributed by atoms with van der Waals surface area (Å²) < 4.78 is 6.19. The number of carbonyl (C=O) groups is 1. The molecule has 3 aromatic rings. The summed E-state index contributed by atoms with van der Waals surface area (Å²) in [5, 5.41) is 12.9. The summed E-state index contributed by atoms with van der Waals surface area (Å²) in [7, 11) is 0. The minimum absolute atomic E-state index is 0.0895. The second-order valence-electron chi connectivity index (χ2n) is 9.78. The van der Waals surface area contributed by atoms with Gasteiger partial charge in [-0.15, -0.1) is 11.3 Å². The Hall–Kier alpha value is -2.67. The molecule has 1 saturated carbocycles. The number of aliphatic hydroxyl groups is 1. The van der Waals surface area contributed by atoms with Crippen molar-refractivity contribution in [2.45, 2.75) is 50.8 Å². The van der Waals surface area contributed by atoms with Crippen molar-refractivity contribution in [3.8, 4) is 5.75 Å². The molecule has 0 radical (unpaired) electrons. The van der Waals surface area contributed by atoms with Crippen molar-refractivity contribution >= 4 is 17.2 Å². The highest BCUT2D eigenvalue weighted by Crippen LogP contribution is 2.35. The van der Waals surface area contributed by atoms with Crippen molar-refractivity contribution in [1.82, 2.24) is 9.80 Å². The van der Waals surface area contributed by atoms with E-state index in [4.69, 9.17) is 4.74 Å². The number of rotatable bonds is 10. The molecule has 5 rings (SSSR count). The summed E-state index contributed by atoms with van der Waals surface area (Å²) in [5.41, 5.74) is 3.49. The standard InChI is InChI=1S/C29H34N2O3S/c1-21-6-5-9-25(16-21)34-20-27-26-13-15-35-28(26)12-14-31(27)29(33)19-30(23-10-11-23)18-24(32)17-22-7-3-2-4-8-22/h2-9,13,15-16,23-24,27,32H,10-12,14,17-20H2,1H3. The average Bonchev–Trinajstić information content (AvgIpc) is 3.59. The Balaban J connectivity index is 1.26. The smallest absolute Gasteiger partial charge is 0.237 e. The van der Waals surface area contributed by atoms with Crippen LogP contribution in [0, 0.1) is 6.92 Å². The fraction of sp³-hybridized carbons (Fsp3) is 0.414. The lowest BCUT2D eigenvalue weighted by molar-refractivity contribution is -0.136. The second-order valence-corrected chi connectivity index (χ2v) is 10.8. The third-order valence-corrected chi connectivity index (χ3v) is 7.97. The van der Waals surface area contributed by atoms with Crippen LogP contribution in [0.5, 0.6) is 5.75 Å². The predicted octanol–water partition coefficient (Wildman–Crippen LogP) is 4.63. The van der Waals surface area contributed by atoms with E-state index < -0.39 is 6.10 Å². The Labute approximate surface area is 212 Å². The SMILES string of the molecule is Cc1cccc(OCC2c3ccsc3CCN2C(=O)CN(CC(O)Cc2ccccc2)C2CC2)c1. The van der Waals surface area contributed by atoms with Crippen LogP contribution in [0.4, 0.5) is 0 Å². The first kappa shape index (κ1) is 24.0. The predicted molar refractivity (Wildman–Crippen MR) is 140 cm³/mol. The van der Waals surface area contributed by atoms with Crippen molar-refractivity contribution in [2.75, 3.05) is 26.2 Å². The highest BCUT2D eigenvalue weighted by Gasteiger charge is 2.36. The molecule has 1 amide bonds. The Morgan fingerprint density at radius 1 is 1.17 bits per heavy atom. The maximum atomic E-state index is 13.6. The molecule has 1 aliphatic carbocycles. The van der Waals surface area contributed by atoms with Crippen LogP contribution in [0.3, 0.4) is 0 Å². The summed E-state index contributed by atoms with van der Waals surface area (Å²) in [6.45, 7) is 4.07. The van der Waals surface area contributed by atoms with E-state index >= 15 is 0 Å². The van der Waals surface area contributed by atoms with E-state index in [0.717, 1.165) is 36.1 Å². The average molecular weight is 491 g/mol. The van der Waals surface area contributed by atoms with Crippen LogP contribution >= 0.6 is 11.3 Å². The minimum atomic E-state index is -0.490. The van der Waals surface area contributed by atoms with Crippen molar-refractivity contribution < 1.29 is 14.6 Å². The van der Waals surface area contributed by atoms with Crippen molar-refractivity contribution in [2.24, 2.45) is 0 Å². The zero-order valence-electron chi connectivity index (χ0n) is 20.3. The van der Waals surface area contributed by atoms with Crippen LogP contribution in [0.1, 0.15) is 40.5 Å². The molecule has 0 bridgehead atoms. The molecule has 35 heavy (non-hydrogen) atoms. The summed E-state index contributed by atoms with van der Waals surface area (Å²) in [4.78, 5) is 19.2. The summed E-state index contributed by atoms with van der Waals surface area (Å²) in [6, 6.07) is 20.6. The highest BCUT2D eigenvalue weighted by molar-refractivity contribution is 7.10. The van der Waals surface area contributed by atoms with E-state index in [-0.39, 0.29) is 11.9 Å². The van der Waals surface area contributed by atoms with Gasteiger partial charge in [0.1, 0.15) is 12.4 Å². The van der Waals surface area contributed by atoms with Crippen molar-refractivity contribution in [3.05, 3.63) is 87.6 Å². The van der Waals surface area contributed by atoms with Gasteiger partial charge in [-0.2, -0.15) is 0 Å². The van der Waals surface area contributed by atoms with Gasteiger partial charge in [-0.25, -0.2) is 0 Å². The van der Waals surface area contributed by atoms with Crippen LogP contribution in [0.15, 0.2) is 66.0 Å². The molecule has 6 heteroatoms. The van der Waals surface area contributed by atoms with Crippen LogP contribution in [0.25, 0.3) is 0 Å². The van der Waals surface area contributed by atoms with E-state index in [9.17, 15) is 9.90 Å². The van der Waals surface area contributed by atoms with E-state index in [1.807, 2.05) is 53.4 Å². The van der Waals surface area contributed by atoms with Gasteiger partial charge >= 0.3 is 0 Å². The molecule has 2 atom stereocenters. The topological polar surface area (TPSA) is 53.0 Å². The number of carbonyl (C=O) groups excluding carboxylic acids is 1. The quantitative estimate of drug-likeness (QED) is 0.450. The number of hydrogen-bond acceptors (Lipinski definition) is 5. The molecule has 2 aliphatic rings. The van der Waals surface area contributed by atoms with Crippen molar-refractivity contribution in [1.29, 1.82) is 0 Å². The van der Waals surface area contributed by atoms with Crippen molar-refractivity contribution in [3.63, 3.8) is 0 Å². The van der Waals surface area contributed by atoms with Crippen LogP contribution in [-0.4, -0.2) is 59.2 Å². The van der Waals surface area contributed by atoms with Gasteiger partial charge in [-0.1, -0.05) is 42.5 Å². The zero-order chi connectivity index (χ0) is 24.2. The Kier molecular flexibility index (Phi) is 7.51. The lowest BCUT2D eigenvalue weighted by atomic mass is 10.00. The maximum Gasteiger partial charge on any atom is 0.237 e. The fourth-order valence-corrected chi connectivity index (χ4v) is 5.95. The molecule has 5 nitrogen and oxygen atoms in total. The Morgan fingerprint density at radius 2 is 2.00 bits per heavy atom. The van der Waals surface area contributed by atoms with Crippen LogP contribution in [-0.2, 0) is 17.6 Å². The number of ether oxygens (including phenoxy) is 1. The Morgan fingerprint density at radius 3 is 2.77 bits per heavy atom. The molecular formula is C29H34N2O3S.